The Labute approximate surface area is 181 Å². The van der Waals surface area contributed by atoms with Gasteiger partial charge in [0, 0.05) is 17.3 Å². The fraction of sp³-hybridized carbons (Fsp3) is 0.350. The van der Waals surface area contributed by atoms with E-state index >= 15 is 0 Å². The highest BCUT2D eigenvalue weighted by Gasteiger charge is 2.31. The second-order valence-electron chi connectivity index (χ2n) is 7.57. The number of pyridine rings is 1. The highest BCUT2D eigenvalue weighted by atomic mass is 35.5. The number of fused-ring (bicyclic) bond motifs is 1. The summed E-state index contributed by atoms with van der Waals surface area (Å²) >= 11 is 0. The van der Waals surface area contributed by atoms with Crippen LogP contribution in [0.1, 0.15) is 43.7 Å². The van der Waals surface area contributed by atoms with Crippen molar-refractivity contribution in [3.63, 3.8) is 0 Å². The SMILES string of the molecule is CCOC(=O)c1c(Nc2ccnc3ccc(S(=O)(=O)C(C)(C)C)cc23)n[nH]c1C.Cl. The van der Waals surface area contributed by atoms with Crippen molar-refractivity contribution in [2.24, 2.45) is 0 Å². The number of nitrogens with one attached hydrogen (secondary N) is 2. The van der Waals surface area contributed by atoms with E-state index in [2.05, 4.69) is 20.5 Å². The predicted molar refractivity (Wildman–Crippen MR) is 118 cm³/mol. The molecule has 0 fully saturated rings. The maximum atomic E-state index is 12.9. The summed E-state index contributed by atoms with van der Waals surface area (Å²) in [5.41, 5.74) is 2.07. The number of carbonyl (C=O) groups excluding carboxylic acids is 1. The smallest absolute Gasteiger partial charge is 0.343 e. The molecule has 0 spiro atoms. The predicted octanol–water partition coefficient (Wildman–Crippen LogP) is 4.18. The first-order valence-corrected chi connectivity index (χ1v) is 10.7. The van der Waals surface area contributed by atoms with Crippen molar-refractivity contribution in [2.75, 3.05) is 11.9 Å². The Kier molecular flexibility index (Phi) is 6.78. The van der Waals surface area contributed by atoms with E-state index < -0.39 is 20.6 Å². The summed E-state index contributed by atoms with van der Waals surface area (Å²) in [5, 5.41) is 10.7. The fourth-order valence-electron chi connectivity index (χ4n) is 2.86. The summed E-state index contributed by atoms with van der Waals surface area (Å²) in [6.45, 7) is 8.68. The van der Waals surface area contributed by atoms with E-state index in [1.54, 1.807) is 65.1 Å². The summed E-state index contributed by atoms with van der Waals surface area (Å²) in [5.74, 6) is -0.187. The van der Waals surface area contributed by atoms with Gasteiger partial charge >= 0.3 is 5.97 Å². The number of ether oxygens (including phenoxy) is 1. The zero-order chi connectivity index (χ0) is 21.4. The molecule has 0 saturated carbocycles. The highest BCUT2D eigenvalue weighted by molar-refractivity contribution is 7.92. The molecule has 2 aromatic heterocycles. The summed E-state index contributed by atoms with van der Waals surface area (Å²) in [4.78, 5) is 16.8. The number of esters is 1. The second-order valence-corrected chi connectivity index (χ2v) is 10.3. The third kappa shape index (κ3) is 4.27. The average Bonchev–Trinajstić information content (AvgIpc) is 3.01. The van der Waals surface area contributed by atoms with Gasteiger partial charge in [0.2, 0.25) is 0 Å². The van der Waals surface area contributed by atoms with Gasteiger partial charge in [-0.05, 0) is 58.9 Å². The molecule has 30 heavy (non-hydrogen) atoms. The topological polar surface area (TPSA) is 114 Å². The molecular weight excluding hydrogens is 428 g/mol. The van der Waals surface area contributed by atoms with Crippen molar-refractivity contribution in [1.82, 2.24) is 15.2 Å². The molecule has 8 nitrogen and oxygen atoms in total. The number of carbonyl (C=O) groups is 1. The van der Waals surface area contributed by atoms with Crippen molar-refractivity contribution in [2.45, 2.75) is 44.3 Å². The fourth-order valence-corrected chi connectivity index (χ4v) is 4.08. The number of aromatic nitrogens is 3. The van der Waals surface area contributed by atoms with Gasteiger partial charge in [0.1, 0.15) is 5.56 Å². The molecule has 0 atom stereocenters. The Morgan fingerprint density at radius 3 is 2.57 bits per heavy atom. The van der Waals surface area contributed by atoms with Gasteiger partial charge in [-0.3, -0.25) is 10.1 Å². The standard InChI is InChI=1S/C20H24N4O4S.ClH/c1-6-28-19(25)17-12(2)23-24-18(17)22-16-9-10-21-15-8-7-13(11-14(15)16)29(26,27)20(3,4)5;/h7-11H,6H2,1-5H3,(H2,21,22,23,24);1H. The minimum absolute atomic E-state index is 0. The molecule has 0 radical (unpaired) electrons. The number of H-pyrrole nitrogens is 1. The maximum absolute atomic E-state index is 12.9. The molecule has 0 saturated heterocycles. The van der Waals surface area contributed by atoms with E-state index in [-0.39, 0.29) is 23.9 Å². The first kappa shape index (κ1) is 23.6. The van der Waals surface area contributed by atoms with Gasteiger partial charge in [0.05, 0.1) is 27.5 Å². The van der Waals surface area contributed by atoms with Gasteiger partial charge in [-0.15, -0.1) is 12.4 Å². The number of aryl methyl sites for hydroxylation is 1. The van der Waals surface area contributed by atoms with Gasteiger partial charge < -0.3 is 10.1 Å². The Morgan fingerprint density at radius 1 is 1.23 bits per heavy atom. The molecule has 0 bridgehead atoms. The van der Waals surface area contributed by atoms with Gasteiger partial charge in [0.25, 0.3) is 0 Å². The molecular formula is C20H25ClN4O4S. The number of halogens is 1. The lowest BCUT2D eigenvalue weighted by Crippen LogP contribution is -2.27. The van der Waals surface area contributed by atoms with E-state index in [0.29, 0.717) is 33.7 Å². The molecule has 0 aliphatic rings. The number of nitrogens with zero attached hydrogens (tertiary/aromatic N) is 2. The first-order chi connectivity index (χ1) is 13.6. The van der Waals surface area contributed by atoms with Gasteiger partial charge in [-0.25, -0.2) is 13.2 Å². The Hall–Kier alpha value is -2.65. The van der Waals surface area contributed by atoms with Gasteiger partial charge in [-0.1, -0.05) is 0 Å². The van der Waals surface area contributed by atoms with Gasteiger partial charge in [0.15, 0.2) is 15.7 Å². The first-order valence-electron chi connectivity index (χ1n) is 9.18. The molecule has 10 heteroatoms. The molecule has 2 N–H and O–H groups in total. The van der Waals surface area contributed by atoms with Crippen LogP contribution in [0.3, 0.4) is 0 Å². The van der Waals surface area contributed by atoms with Crippen LogP contribution in [-0.4, -0.2) is 40.9 Å². The van der Waals surface area contributed by atoms with Crippen LogP contribution in [0, 0.1) is 6.92 Å². The number of hydrogen-bond donors (Lipinski definition) is 2. The monoisotopic (exact) mass is 452 g/mol. The van der Waals surface area contributed by atoms with Crippen LogP contribution in [0.4, 0.5) is 11.5 Å². The van der Waals surface area contributed by atoms with Crippen molar-refractivity contribution >= 4 is 50.6 Å². The molecule has 0 unspecified atom stereocenters. The largest absolute Gasteiger partial charge is 0.462 e. The maximum Gasteiger partial charge on any atom is 0.343 e. The van der Waals surface area contributed by atoms with Crippen molar-refractivity contribution < 1.29 is 17.9 Å². The summed E-state index contributed by atoms with van der Waals surface area (Å²) in [6, 6.07) is 6.52. The number of aromatic amines is 1. The van der Waals surface area contributed by atoms with Crippen LogP contribution >= 0.6 is 12.4 Å². The van der Waals surface area contributed by atoms with Crippen LogP contribution in [0.25, 0.3) is 10.9 Å². The Morgan fingerprint density at radius 2 is 1.93 bits per heavy atom. The van der Waals surface area contributed by atoms with Crippen molar-refractivity contribution in [3.8, 4) is 0 Å². The van der Waals surface area contributed by atoms with E-state index in [1.807, 2.05) is 0 Å². The molecule has 162 valence electrons. The number of hydrogen-bond acceptors (Lipinski definition) is 7. The quantitative estimate of drug-likeness (QED) is 0.558. The van der Waals surface area contributed by atoms with E-state index in [1.165, 1.54) is 0 Å². The lowest BCUT2D eigenvalue weighted by atomic mass is 10.1. The average molecular weight is 453 g/mol. The zero-order valence-electron chi connectivity index (χ0n) is 17.4. The molecule has 0 aliphatic heterocycles. The number of anilines is 2. The lowest BCUT2D eigenvalue weighted by molar-refractivity contribution is 0.0527. The van der Waals surface area contributed by atoms with Crippen LogP contribution in [-0.2, 0) is 14.6 Å². The number of benzene rings is 1. The molecule has 3 rings (SSSR count). The van der Waals surface area contributed by atoms with E-state index in [0.717, 1.165) is 0 Å². The number of sulfone groups is 1. The van der Waals surface area contributed by atoms with Gasteiger partial charge in [-0.2, -0.15) is 5.10 Å². The second kappa shape index (κ2) is 8.61. The lowest BCUT2D eigenvalue weighted by Gasteiger charge is -2.19. The molecule has 0 aliphatic carbocycles. The van der Waals surface area contributed by atoms with E-state index in [9.17, 15) is 13.2 Å². The van der Waals surface area contributed by atoms with Crippen LogP contribution in [0.15, 0.2) is 35.4 Å². The highest BCUT2D eigenvalue weighted by Crippen LogP contribution is 2.32. The third-order valence-electron chi connectivity index (χ3n) is 4.51. The Balaban J connectivity index is 0.00000320. The van der Waals surface area contributed by atoms with Crippen LogP contribution in [0.5, 0.6) is 0 Å². The molecule has 0 amide bonds. The van der Waals surface area contributed by atoms with Crippen LogP contribution in [0.2, 0.25) is 0 Å². The van der Waals surface area contributed by atoms with E-state index in [4.69, 9.17) is 4.74 Å². The van der Waals surface area contributed by atoms with Crippen LogP contribution < -0.4 is 5.32 Å². The molecule has 2 heterocycles. The minimum Gasteiger partial charge on any atom is -0.462 e. The summed E-state index contributed by atoms with van der Waals surface area (Å²) < 4.78 is 29.9. The normalized spacial score (nSPS) is 11.8. The Bertz CT molecular complexity index is 1180. The molecule has 3 aromatic rings. The minimum atomic E-state index is -3.53. The number of rotatable bonds is 5. The summed E-state index contributed by atoms with van der Waals surface area (Å²) in [6.07, 6.45) is 1.60. The molecule has 1 aromatic carbocycles. The van der Waals surface area contributed by atoms with Crippen molar-refractivity contribution in [3.05, 3.63) is 41.7 Å². The zero-order valence-corrected chi connectivity index (χ0v) is 19.1. The summed E-state index contributed by atoms with van der Waals surface area (Å²) in [7, 11) is -3.53. The third-order valence-corrected chi connectivity index (χ3v) is 7.00. The van der Waals surface area contributed by atoms with Crippen molar-refractivity contribution in [1.29, 1.82) is 0 Å².